The van der Waals surface area contributed by atoms with E-state index in [-0.39, 0.29) is 11.8 Å². The van der Waals surface area contributed by atoms with E-state index >= 15 is 0 Å². The summed E-state index contributed by atoms with van der Waals surface area (Å²) in [5, 5.41) is 0. The number of benzene rings is 1. The van der Waals surface area contributed by atoms with Crippen LogP contribution in [0.2, 0.25) is 0 Å². The van der Waals surface area contributed by atoms with Gasteiger partial charge in [0, 0.05) is 43.7 Å². The molecule has 162 valence electrons. The fourth-order valence-electron chi connectivity index (χ4n) is 4.41. The van der Waals surface area contributed by atoms with E-state index in [0.29, 0.717) is 44.8 Å². The molecular weight excluding hydrogens is 429 g/mol. The summed E-state index contributed by atoms with van der Waals surface area (Å²) in [5.74, 6) is 0.330. The summed E-state index contributed by atoms with van der Waals surface area (Å²) in [7, 11) is 0. The lowest BCUT2D eigenvalue weighted by Gasteiger charge is -2.40. The lowest BCUT2D eigenvalue weighted by atomic mass is 10.1. The number of hydrogen-bond donors (Lipinski definition) is 0. The summed E-state index contributed by atoms with van der Waals surface area (Å²) in [6.07, 6.45) is -2.79. The number of rotatable bonds is 2. The summed E-state index contributed by atoms with van der Waals surface area (Å²) >= 11 is 1.44. The Morgan fingerprint density at radius 3 is 2.48 bits per heavy atom. The van der Waals surface area contributed by atoms with Gasteiger partial charge < -0.3 is 9.80 Å². The largest absolute Gasteiger partial charge is 0.417 e. The van der Waals surface area contributed by atoms with E-state index in [4.69, 9.17) is 0 Å². The van der Waals surface area contributed by atoms with Crippen LogP contribution < -0.4 is 9.80 Å². The highest BCUT2D eigenvalue weighted by molar-refractivity contribution is 8.02. The van der Waals surface area contributed by atoms with Crippen LogP contribution in [0.4, 0.5) is 24.7 Å². The molecule has 2 amide bonds. The number of pyridine rings is 1. The molecule has 0 bridgehead atoms. The van der Waals surface area contributed by atoms with Gasteiger partial charge in [0.05, 0.1) is 11.3 Å². The number of halogens is 3. The van der Waals surface area contributed by atoms with Crippen LogP contribution in [0.5, 0.6) is 0 Å². The Morgan fingerprint density at radius 1 is 1.06 bits per heavy atom. The van der Waals surface area contributed by atoms with Gasteiger partial charge in [-0.2, -0.15) is 13.2 Å². The monoisotopic (exact) mass is 448 g/mol. The summed E-state index contributed by atoms with van der Waals surface area (Å²) in [6, 6.07) is 9.94. The fraction of sp³-hybridized carbons (Fsp3) is 0.381. The fourth-order valence-corrected chi connectivity index (χ4v) is 5.90. The molecule has 0 N–H and O–H groups in total. The topological polar surface area (TPSA) is 56.8 Å². The van der Waals surface area contributed by atoms with Gasteiger partial charge in [-0.1, -0.05) is 23.9 Å². The van der Waals surface area contributed by atoms with Crippen molar-refractivity contribution in [3.63, 3.8) is 0 Å². The number of thioether (sulfide) groups is 1. The molecule has 1 aromatic carbocycles. The molecule has 4 heterocycles. The third kappa shape index (κ3) is 3.24. The van der Waals surface area contributed by atoms with Crippen LogP contribution in [0.25, 0.3) is 0 Å². The molecule has 3 aliphatic heterocycles. The first-order valence-corrected chi connectivity index (χ1v) is 10.8. The van der Waals surface area contributed by atoms with Gasteiger partial charge in [0.15, 0.2) is 4.87 Å². The minimum Gasteiger partial charge on any atom is -0.353 e. The summed E-state index contributed by atoms with van der Waals surface area (Å²) in [5.41, 5.74) is 0.00363. The molecule has 3 aliphatic rings. The number of para-hydroxylation sites is 1. The van der Waals surface area contributed by atoms with Crippen molar-refractivity contribution in [2.45, 2.75) is 28.8 Å². The van der Waals surface area contributed by atoms with Crippen LogP contribution in [-0.2, 0) is 15.8 Å². The van der Waals surface area contributed by atoms with E-state index in [1.54, 1.807) is 9.80 Å². The molecule has 2 aromatic rings. The maximum atomic E-state index is 13.6. The Morgan fingerprint density at radius 2 is 1.81 bits per heavy atom. The molecule has 0 radical (unpaired) electrons. The summed E-state index contributed by atoms with van der Waals surface area (Å²) in [6.45, 7) is 1.77. The van der Waals surface area contributed by atoms with Crippen molar-refractivity contribution >= 4 is 35.1 Å². The van der Waals surface area contributed by atoms with Gasteiger partial charge in [-0.3, -0.25) is 14.5 Å². The van der Waals surface area contributed by atoms with Gasteiger partial charge in [-0.05, 0) is 30.7 Å². The van der Waals surface area contributed by atoms with Crippen molar-refractivity contribution in [2.24, 2.45) is 0 Å². The maximum absolute atomic E-state index is 13.6. The van der Waals surface area contributed by atoms with Crippen LogP contribution in [0, 0.1) is 0 Å². The first-order chi connectivity index (χ1) is 14.8. The smallest absolute Gasteiger partial charge is 0.353 e. The molecule has 31 heavy (non-hydrogen) atoms. The number of carbonyl (C=O) groups excluding carboxylic acids is 2. The van der Waals surface area contributed by atoms with Crippen LogP contribution in [-0.4, -0.2) is 52.7 Å². The molecular formula is C21H19F3N4O2S. The number of fused-ring (bicyclic) bond motifs is 3. The zero-order valence-electron chi connectivity index (χ0n) is 16.4. The third-order valence-electron chi connectivity index (χ3n) is 5.97. The first kappa shape index (κ1) is 20.2. The van der Waals surface area contributed by atoms with E-state index in [0.717, 1.165) is 22.8 Å². The number of amides is 2. The second kappa shape index (κ2) is 7.15. The molecule has 1 atom stereocenters. The van der Waals surface area contributed by atoms with Crippen molar-refractivity contribution in [1.82, 2.24) is 9.88 Å². The minimum atomic E-state index is -4.42. The quantitative estimate of drug-likeness (QED) is 0.705. The van der Waals surface area contributed by atoms with Crippen LogP contribution in [0.3, 0.4) is 0 Å². The number of carbonyl (C=O) groups is 2. The molecule has 0 spiro atoms. The van der Waals surface area contributed by atoms with Crippen molar-refractivity contribution in [3.8, 4) is 0 Å². The van der Waals surface area contributed by atoms with Crippen molar-refractivity contribution in [3.05, 3.63) is 48.2 Å². The van der Waals surface area contributed by atoms with E-state index in [1.807, 2.05) is 29.2 Å². The maximum Gasteiger partial charge on any atom is 0.417 e. The second-order valence-corrected chi connectivity index (χ2v) is 9.08. The summed E-state index contributed by atoms with van der Waals surface area (Å²) < 4.78 is 38.3. The lowest BCUT2D eigenvalue weighted by Crippen LogP contribution is -2.58. The zero-order valence-corrected chi connectivity index (χ0v) is 17.2. The van der Waals surface area contributed by atoms with Gasteiger partial charge in [0.2, 0.25) is 5.91 Å². The number of nitrogens with zero attached hydrogens (tertiary/aromatic N) is 4. The van der Waals surface area contributed by atoms with E-state index in [2.05, 4.69) is 4.98 Å². The van der Waals surface area contributed by atoms with Gasteiger partial charge in [-0.25, -0.2) is 4.98 Å². The molecule has 2 fully saturated rings. The van der Waals surface area contributed by atoms with Crippen LogP contribution in [0.15, 0.2) is 47.5 Å². The van der Waals surface area contributed by atoms with Crippen molar-refractivity contribution in [2.75, 3.05) is 36.0 Å². The van der Waals surface area contributed by atoms with Crippen LogP contribution in [0.1, 0.15) is 18.4 Å². The Labute approximate surface area is 181 Å². The third-order valence-corrected chi connectivity index (χ3v) is 7.44. The van der Waals surface area contributed by atoms with Gasteiger partial charge >= 0.3 is 6.18 Å². The normalized spacial score (nSPS) is 23.2. The Balaban J connectivity index is 1.30. The van der Waals surface area contributed by atoms with E-state index in [9.17, 15) is 22.8 Å². The SMILES string of the molecule is O=C1CCC2(C(=O)N3CCN(c4ccc(C(F)(F)F)cn4)CC3)Sc3ccccc3N12. The second-order valence-electron chi connectivity index (χ2n) is 7.77. The van der Waals surface area contributed by atoms with E-state index in [1.165, 1.54) is 17.8 Å². The molecule has 5 rings (SSSR count). The molecule has 0 saturated carbocycles. The lowest BCUT2D eigenvalue weighted by molar-refractivity contribution is -0.138. The predicted octanol–water partition coefficient (Wildman–Crippen LogP) is 3.38. The number of anilines is 2. The number of alkyl halides is 3. The van der Waals surface area contributed by atoms with Gasteiger partial charge in [0.25, 0.3) is 5.91 Å². The predicted molar refractivity (Wildman–Crippen MR) is 110 cm³/mol. The van der Waals surface area contributed by atoms with Crippen molar-refractivity contribution in [1.29, 1.82) is 0 Å². The molecule has 1 aromatic heterocycles. The summed E-state index contributed by atoms with van der Waals surface area (Å²) in [4.78, 5) is 35.4. The van der Waals surface area contributed by atoms with E-state index < -0.39 is 16.6 Å². The molecule has 1 unspecified atom stereocenters. The standard InChI is InChI=1S/C21H19F3N4O2S/c22-21(23,24)14-5-6-17(25-13-14)26-9-11-27(12-10-26)19(30)20-8-7-18(29)28(20)15-3-1-2-4-16(15)31-20/h1-6,13H,7-12H2. The van der Waals surface area contributed by atoms with Gasteiger partial charge in [0.1, 0.15) is 5.82 Å². The molecule has 6 nitrogen and oxygen atoms in total. The van der Waals surface area contributed by atoms with Crippen LogP contribution >= 0.6 is 11.8 Å². The van der Waals surface area contributed by atoms with Crippen molar-refractivity contribution < 1.29 is 22.8 Å². The Bertz CT molecular complexity index is 1040. The molecule has 0 aliphatic carbocycles. The highest BCUT2D eigenvalue weighted by atomic mass is 32.2. The zero-order chi connectivity index (χ0) is 21.8. The average Bonchev–Trinajstić information content (AvgIpc) is 3.28. The molecule has 10 heteroatoms. The minimum absolute atomic E-state index is 0.0432. The Kier molecular flexibility index (Phi) is 4.65. The highest BCUT2D eigenvalue weighted by Crippen LogP contribution is 2.56. The first-order valence-electron chi connectivity index (χ1n) is 9.98. The number of hydrogen-bond acceptors (Lipinski definition) is 5. The molecule has 2 saturated heterocycles. The Hall–Kier alpha value is -2.75. The van der Waals surface area contributed by atoms with Gasteiger partial charge in [-0.15, -0.1) is 0 Å². The highest BCUT2D eigenvalue weighted by Gasteiger charge is 2.58. The number of piperazine rings is 1. The average molecular weight is 448 g/mol. The number of aromatic nitrogens is 1.